The first-order valence-corrected chi connectivity index (χ1v) is 4.79. The lowest BCUT2D eigenvalue weighted by molar-refractivity contribution is 0.881. The molecule has 0 N–H and O–H groups in total. The molecule has 1 aromatic rings. The van der Waals surface area contributed by atoms with E-state index in [1.54, 1.807) is 0 Å². The summed E-state index contributed by atoms with van der Waals surface area (Å²) in [6, 6.07) is 5.86. The van der Waals surface area contributed by atoms with Gasteiger partial charge in [0.05, 0.1) is 9.89 Å². The third kappa shape index (κ3) is 2.57. The topological polar surface area (TPSA) is 12.9 Å². The third-order valence-corrected chi connectivity index (χ3v) is 1.97. The molecule has 0 radical (unpaired) electrons. The second-order valence-corrected chi connectivity index (χ2v) is 3.73. The second kappa shape index (κ2) is 4.58. The van der Waals surface area contributed by atoms with Gasteiger partial charge in [0.1, 0.15) is 0 Å². The van der Waals surface area contributed by atoms with Crippen LogP contribution in [0.25, 0.3) is 0 Å². The van der Waals surface area contributed by atoms with Crippen molar-refractivity contribution in [3.8, 4) is 0 Å². The van der Waals surface area contributed by atoms with E-state index in [2.05, 4.69) is 24.5 Å². The van der Waals surface area contributed by atoms with Crippen molar-refractivity contribution in [3.05, 3.63) is 29.6 Å². The largest absolute Gasteiger partial charge is 0.251 e. The number of hydrogen-bond acceptors (Lipinski definition) is 2. The maximum absolute atomic E-state index is 4.91. The van der Waals surface area contributed by atoms with Crippen LogP contribution in [0, 0.1) is 0 Å². The molecule has 1 aromatic heterocycles. The van der Waals surface area contributed by atoms with Crippen molar-refractivity contribution in [3.63, 3.8) is 0 Å². The molecule has 12 heavy (non-hydrogen) atoms. The molecule has 0 saturated carbocycles. The van der Waals surface area contributed by atoms with Crippen LogP contribution in [0.15, 0.2) is 18.2 Å². The van der Waals surface area contributed by atoms with E-state index in [4.69, 9.17) is 12.2 Å². The lowest BCUT2D eigenvalue weighted by Gasteiger charge is -2.00. The number of pyridine rings is 1. The summed E-state index contributed by atoms with van der Waals surface area (Å²) in [7, 11) is 0. The first-order valence-electron chi connectivity index (χ1n) is 3.93. The molecule has 0 amide bonds. The molecular weight excluding hydrogens is 186 g/mol. The fourth-order valence-corrected chi connectivity index (χ4v) is 1.23. The molecule has 0 atom stereocenters. The lowest BCUT2D eigenvalue weighted by atomic mass is 10.2. The Hall–Kier alpha value is -0.410. The van der Waals surface area contributed by atoms with Gasteiger partial charge in [-0.05, 0) is 18.6 Å². The zero-order valence-electron chi connectivity index (χ0n) is 6.95. The van der Waals surface area contributed by atoms with Crippen LogP contribution in [0.2, 0.25) is 0 Å². The van der Waals surface area contributed by atoms with Crippen LogP contribution in [0.1, 0.15) is 24.7 Å². The van der Waals surface area contributed by atoms with Crippen LogP contribution in [0.5, 0.6) is 0 Å². The fraction of sp³-hybridized carbons (Fsp3) is 0.333. The van der Waals surface area contributed by atoms with Crippen molar-refractivity contribution >= 4 is 29.0 Å². The smallest absolute Gasteiger partial charge is 0.0932 e. The van der Waals surface area contributed by atoms with Crippen LogP contribution in [0.4, 0.5) is 0 Å². The summed E-state index contributed by atoms with van der Waals surface area (Å²) in [4.78, 5) is 4.34. The monoisotopic (exact) mass is 197 g/mol. The van der Waals surface area contributed by atoms with E-state index in [-0.39, 0.29) is 0 Å². The van der Waals surface area contributed by atoms with E-state index in [9.17, 15) is 0 Å². The molecule has 0 unspecified atom stereocenters. The predicted octanol–water partition coefficient (Wildman–Crippen LogP) is 2.64. The Morgan fingerprint density at radius 2 is 2.33 bits per heavy atom. The molecule has 0 bridgehead atoms. The quantitative estimate of drug-likeness (QED) is 0.591. The van der Waals surface area contributed by atoms with Crippen LogP contribution in [-0.4, -0.2) is 9.18 Å². The molecule has 0 aliphatic heterocycles. The van der Waals surface area contributed by atoms with Gasteiger partial charge < -0.3 is 0 Å². The molecule has 0 fully saturated rings. The highest BCUT2D eigenvalue weighted by atomic mass is 32.1. The van der Waals surface area contributed by atoms with Crippen LogP contribution < -0.4 is 0 Å². The van der Waals surface area contributed by atoms with Crippen molar-refractivity contribution in [1.82, 2.24) is 4.98 Å². The molecule has 1 rings (SSSR count). The Kier molecular flexibility index (Phi) is 3.69. The van der Waals surface area contributed by atoms with E-state index in [1.807, 2.05) is 18.2 Å². The minimum absolute atomic E-state index is 0.563. The molecular formula is C9H11NS2. The summed E-state index contributed by atoms with van der Waals surface area (Å²) in [6.45, 7) is 2.13. The van der Waals surface area contributed by atoms with E-state index in [1.165, 1.54) is 0 Å². The van der Waals surface area contributed by atoms with E-state index < -0.39 is 0 Å². The van der Waals surface area contributed by atoms with E-state index >= 15 is 0 Å². The zero-order chi connectivity index (χ0) is 8.97. The lowest BCUT2D eigenvalue weighted by Crippen LogP contribution is -1.96. The number of thiocarbonyl (C=S) groups is 1. The number of aryl methyl sites for hydroxylation is 1. The van der Waals surface area contributed by atoms with Gasteiger partial charge in [-0.3, -0.25) is 4.98 Å². The number of rotatable bonds is 3. The van der Waals surface area contributed by atoms with Crippen molar-refractivity contribution in [2.45, 2.75) is 19.8 Å². The predicted molar refractivity (Wildman–Crippen MR) is 58.9 cm³/mol. The van der Waals surface area contributed by atoms with Crippen LogP contribution in [0.3, 0.4) is 0 Å². The molecule has 0 aliphatic carbocycles. The third-order valence-electron chi connectivity index (χ3n) is 1.53. The van der Waals surface area contributed by atoms with Crippen molar-refractivity contribution < 1.29 is 0 Å². The van der Waals surface area contributed by atoms with Crippen molar-refractivity contribution in [2.24, 2.45) is 0 Å². The standard InChI is InChI=1S/C9H11NS2/c1-2-4-7-5-3-6-8(10-7)9(11)12/h3,5-6H,2,4H2,1H3,(H,11,12). The summed E-state index contributed by atoms with van der Waals surface area (Å²) in [5, 5.41) is 0. The molecule has 64 valence electrons. The molecule has 3 heteroatoms. The van der Waals surface area contributed by atoms with Crippen LogP contribution in [-0.2, 0) is 6.42 Å². The average Bonchev–Trinajstić information content (AvgIpc) is 2.05. The highest BCUT2D eigenvalue weighted by Gasteiger charge is 1.98. The number of thiol groups is 1. The Morgan fingerprint density at radius 3 is 2.92 bits per heavy atom. The SMILES string of the molecule is CCCc1cccc(C(=S)S)n1. The molecule has 0 aromatic carbocycles. The first-order chi connectivity index (χ1) is 5.74. The average molecular weight is 197 g/mol. The summed E-state index contributed by atoms with van der Waals surface area (Å²) < 4.78 is 0.563. The summed E-state index contributed by atoms with van der Waals surface area (Å²) >= 11 is 8.98. The van der Waals surface area contributed by atoms with Gasteiger partial charge in [-0.2, -0.15) is 0 Å². The van der Waals surface area contributed by atoms with Crippen LogP contribution >= 0.6 is 24.8 Å². The molecule has 0 spiro atoms. The maximum atomic E-state index is 4.91. The van der Waals surface area contributed by atoms with Gasteiger partial charge in [0, 0.05) is 5.69 Å². The van der Waals surface area contributed by atoms with Gasteiger partial charge in [0.25, 0.3) is 0 Å². The Bertz CT molecular complexity index is 284. The highest BCUT2D eigenvalue weighted by Crippen LogP contribution is 2.05. The molecule has 0 aliphatic rings. The summed E-state index contributed by atoms with van der Waals surface area (Å²) in [6.07, 6.45) is 2.11. The summed E-state index contributed by atoms with van der Waals surface area (Å²) in [5.74, 6) is 0. The second-order valence-electron chi connectivity index (χ2n) is 2.57. The first kappa shape index (κ1) is 9.68. The van der Waals surface area contributed by atoms with Gasteiger partial charge >= 0.3 is 0 Å². The Balaban J connectivity index is 2.88. The van der Waals surface area contributed by atoms with Gasteiger partial charge in [0.2, 0.25) is 0 Å². The van der Waals surface area contributed by atoms with Crippen molar-refractivity contribution in [1.29, 1.82) is 0 Å². The molecule has 0 saturated heterocycles. The number of nitrogens with zero attached hydrogens (tertiary/aromatic N) is 1. The zero-order valence-corrected chi connectivity index (χ0v) is 8.66. The summed E-state index contributed by atoms with van der Waals surface area (Å²) in [5.41, 5.74) is 1.89. The number of aromatic nitrogens is 1. The number of hydrogen-bond donors (Lipinski definition) is 1. The Morgan fingerprint density at radius 1 is 1.58 bits per heavy atom. The van der Waals surface area contributed by atoms with E-state index in [0.717, 1.165) is 24.2 Å². The minimum atomic E-state index is 0.563. The van der Waals surface area contributed by atoms with Gasteiger partial charge in [0.15, 0.2) is 0 Å². The Labute approximate surface area is 83.6 Å². The van der Waals surface area contributed by atoms with E-state index in [0.29, 0.717) is 4.20 Å². The molecule has 1 nitrogen and oxygen atoms in total. The normalized spacial score (nSPS) is 9.83. The van der Waals surface area contributed by atoms with Gasteiger partial charge in [-0.1, -0.05) is 31.6 Å². The van der Waals surface area contributed by atoms with Gasteiger partial charge in [-0.25, -0.2) is 0 Å². The highest BCUT2D eigenvalue weighted by molar-refractivity contribution is 8.11. The fourth-order valence-electron chi connectivity index (χ4n) is 0.994. The minimum Gasteiger partial charge on any atom is -0.251 e. The molecule has 1 heterocycles. The maximum Gasteiger partial charge on any atom is 0.0932 e. The van der Waals surface area contributed by atoms with Gasteiger partial charge in [-0.15, -0.1) is 12.6 Å². The van der Waals surface area contributed by atoms with Crippen molar-refractivity contribution in [2.75, 3.05) is 0 Å².